The third-order valence-electron chi connectivity index (χ3n) is 9.94. The van der Waals surface area contributed by atoms with E-state index >= 15 is 0 Å². The standard InChI is InChI=1S/C45H34Si/c1-46(2,3)34-24-23-31-27-33(22-21-32(31)28-34)35-25-26-40-43-36(35)19-12-20-39(43)44-41(29-13-6-4-7-14-29)37-17-10-11-18-38(37)42(45(40)44)30-15-8-5-9-16-30/h4-28H,1-3H3. The van der Waals surface area contributed by atoms with Gasteiger partial charge in [-0.05, 0) is 94.0 Å². The summed E-state index contributed by atoms with van der Waals surface area (Å²) in [7, 11) is -1.38. The summed E-state index contributed by atoms with van der Waals surface area (Å²) in [5, 5.41) is 9.39. The molecule has 0 nitrogen and oxygen atoms in total. The van der Waals surface area contributed by atoms with Gasteiger partial charge in [-0.1, -0.05) is 170 Å². The molecule has 0 unspecified atom stereocenters. The molecular weight excluding hydrogens is 569 g/mol. The van der Waals surface area contributed by atoms with Crippen molar-refractivity contribution in [1.29, 1.82) is 0 Å². The van der Waals surface area contributed by atoms with Crippen LogP contribution in [-0.4, -0.2) is 8.07 Å². The first kappa shape index (κ1) is 27.1. The number of hydrogen-bond donors (Lipinski definition) is 0. The molecule has 9 rings (SSSR count). The molecular formula is C45H34Si. The molecule has 0 aliphatic heterocycles. The Balaban J connectivity index is 1.36. The Morgan fingerprint density at radius 2 is 0.870 bits per heavy atom. The maximum Gasteiger partial charge on any atom is 0.0776 e. The molecule has 0 bridgehead atoms. The molecule has 1 heteroatoms. The first-order chi connectivity index (χ1) is 22.5. The van der Waals surface area contributed by atoms with Crippen molar-refractivity contribution in [3.8, 4) is 55.6 Å². The van der Waals surface area contributed by atoms with Gasteiger partial charge in [0.2, 0.25) is 0 Å². The summed E-state index contributed by atoms with van der Waals surface area (Å²) in [5.74, 6) is 0. The summed E-state index contributed by atoms with van der Waals surface area (Å²) in [6.45, 7) is 7.26. The van der Waals surface area contributed by atoms with Crippen LogP contribution in [0.2, 0.25) is 19.6 Å². The summed E-state index contributed by atoms with van der Waals surface area (Å²) in [6, 6.07) is 56.7. The van der Waals surface area contributed by atoms with Crippen molar-refractivity contribution in [2.45, 2.75) is 19.6 Å². The SMILES string of the molecule is C[Si](C)(C)c1ccc2cc(-c3ccc4c5c(cccc35)-c3c-4c(-c4ccccc4)c4ccccc4c3-c3ccccc3)ccc2c1. The average molecular weight is 603 g/mol. The van der Waals surface area contributed by atoms with Gasteiger partial charge in [0.05, 0.1) is 8.07 Å². The van der Waals surface area contributed by atoms with E-state index in [1.165, 1.54) is 93.1 Å². The van der Waals surface area contributed by atoms with Gasteiger partial charge in [-0.25, -0.2) is 0 Å². The van der Waals surface area contributed by atoms with E-state index in [-0.39, 0.29) is 0 Å². The van der Waals surface area contributed by atoms with Crippen LogP contribution in [0.1, 0.15) is 0 Å². The van der Waals surface area contributed by atoms with Gasteiger partial charge in [-0.3, -0.25) is 0 Å². The quantitative estimate of drug-likeness (QED) is 0.176. The molecule has 8 aromatic rings. The lowest BCUT2D eigenvalue weighted by Crippen LogP contribution is -2.37. The summed E-state index contributed by atoms with van der Waals surface area (Å²) < 4.78 is 0. The largest absolute Gasteiger partial charge is 0.0776 e. The summed E-state index contributed by atoms with van der Waals surface area (Å²) in [5.41, 5.74) is 13.1. The monoisotopic (exact) mass is 602 g/mol. The molecule has 1 aliphatic rings. The van der Waals surface area contributed by atoms with Crippen LogP contribution < -0.4 is 5.19 Å². The van der Waals surface area contributed by atoms with E-state index in [1.807, 2.05) is 0 Å². The fourth-order valence-corrected chi connectivity index (χ4v) is 8.91. The van der Waals surface area contributed by atoms with Crippen LogP contribution in [0.5, 0.6) is 0 Å². The highest BCUT2D eigenvalue weighted by Gasteiger charge is 2.31. The second kappa shape index (κ2) is 10.1. The molecule has 0 radical (unpaired) electrons. The fourth-order valence-electron chi connectivity index (χ4n) is 7.74. The van der Waals surface area contributed by atoms with Crippen LogP contribution in [-0.2, 0) is 0 Å². The maximum atomic E-state index is 2.42. The molecule has 0 spiro atoms. The Bertz CT molecular complexity index is 2390. The van der Waals surface area contributed by atoms with Crippen LogP contribution in [0.25, 0.3) is 88.0 Å². The van der Waals surface area contributed by atoms with Gasteiger partial charge >= 0.3 is 0 Å². The van der Waals surface area contributed by atoms with Crippen molar-refractivity contribution in [3.63, 3.8) is 0 Å². The minimum absolute atomic E-state index is 1.26. The molecule has 0 saturated carbocycles. The van der Waals surface area contributed by atoms with Gasteiger partial charge < -0.3 is 0 Å². The third kappa shape index (κ3) is 4.05. The Labute approximate surface area is 271 Å². The molecule has 0 saturated heterocycles. The van der Waals surface area contributed by atoms with Gasteiger partial charge in [0.1, 0.15) is 0 Å². The van der Waals surface area contributed by atoms with Crippen molar-refractivity contribution in [2.24, 2.45) is 0 Å². The number of fused-ring (bicyclic) bond motifs is 5. The van der Waals surface area contributed by atoms with Crippen LogP contribution in [0.4, 0.5) is 0 Å². The fraction of sp³-hybridized carbons (Fsp3) is 0.0667. The first-order valence-corrected chi connectivity index (χ1v) is 19.8. The van der Waals surface area contributed by atoms with Gasteiger partial charge in [-0.2, -0.15) is 0 Å². The van der Waals surface area contributed by atoms with Crippen molar-refractivity contribution in [3.05, 3.63) is 152 Å². The third-order valence-corrected chi connectivity index (χ3v) is 12.0. The van der Waals surface area contributed by atoms with Crippen LogP contribution in [0.15, 0.2) is 152 Å². The zero-order valence-electron chi connectivity index (χ0n) is 26.4. The summed E-state index contributed by atoms with van der Waals surface area (Å²) >= 11 is 0. The Morgan fingerprint density at radius 1 is 0.348 bits per heavy atom. The molecule has 0 fully saturated rings. The molecule has 0 amide bonds. The minimum Gasteiger partial charge on any atom is -0.0656 e. The van der Waals surface area contributed by atoms with Crippen LogP contribution >= 0.6 is 0 Å². The van der Waals surface area contributed by atoms with E-state index in [0.717, 1.165) is 0 Å². The molecule has 46 heavy (non-hydrogen) atoms. The highest BCUT2D eigenvalue weighted by Crippen LogP contribution is 2.58. The lowest BCUT2D eigenvalue weighted by Gasteiger charge is -2.20. The van der Waals surface area contributed by atoms with E-state index in [2.05, 4.69) is 171 Å². The van der Waals surface area contributed by atoms with Gasteiger partial charge in [0, 0.05) is 0 Å². The normalized spacial score (nSPS) is 12.2. The zero-order chi connectivity index (χ0) is 31.0. The van der Waals surface area contributed by atoms with Gasteiger partial charge in [-0.15, -0.1) is 0 Å². The van der Waals surface area contributed by atoms with E-state index in [1.54, 1.807) is 0 Å². The minimum atomic E-state index is -1.38. The summed E-state index contributed by atoms with van der Waals surface area (Å²) in [4.78, 5) is 0. The molecule has 0 N–H and O–H groups in total. The zero-order valence-corrected chi connectivity index (χ0v) is 27.4. The number of rotatable bonds is 4. The molecule has 0 heterocycles. The average Bonchev–Trinajstić information content (AvgIpc) is 3.42. The predicted molar refractivity (Wildman–Crippen MR) is 203 cm³/mol. The lowest BCUT2D eigenvalue weighted by atomic mass is 9.82. The first-order valence-electron chi connectivity index (χ1n) is 16.3. The molecule has 8 aromatic carbocycles. The molecule has 0 atom stereocenters. The Morgan fingerprint density at radius 3 is 1.50 bits per heavy atom. The predicted octanol–water partition coefficient (Wildman–Crippen LogP) is 12.3. The highest BCUT2D eigenvalue weighted by atomic mass is 28.3. The number of benzene rings is 8. The van der Waals surface area contributed by atoms with Gasteiger partial charge in [0.15, 0.2) is 0 Å². The molecule has 0 aromatic heterocycles. The Hall–Kier alpha value is -5.24. The van der Waals surface area contributed by atoms with Crippen LogP contribution in [0, 0.1) is 0 Å². The second-order valence-corrected chi connectivity index (χ2v) is 18.8. The lowest BCUT2D eigenvalue weighted by molar-refractivity contribution is 1.62. The van der Waals surface area contributed by atoms with E-state index < -0.39 is 8.07 Å². The molecule has 1 aliphatic carbocycles. The molecule has 218 valence electrons. The van der Waals surface area contributed by atoms with Crippen molar-refractivity contribution in [2.75, 3.05) is 0 Å². The van der Waals surface area contributed by atoms with E-state index in [4.69, 9.17) is 0 Å². The van der Waals surface area contributed by atoms with Gasteiger partial charge in [0.25, 0.3) is 0 Å². The van der Waals surface area contributed by atoms with Crippen molar-refractivity contribution >= 4 is 45.6 Å². The van der Waals surface area contributed by atoms with Crippen molar-refractivity contribution in [1.82, 2.24) is 0 Å². The van der Waals surface area contributed by atoms with Crippen LogP contribution in [0.3, 0.4) is 0 Å². The number of hydrogen-bond acceptors (Lipinski definition) is 0. The van der Waals surface area contributed by atoms with E-state index in [0.29, 0.717) is 0 Å². The van der Waals surface area contributed by atoms with E-state index in [9.17, 15) is 0 Å². The topological polar surface area (TPSA) is 0 Å². The Kier molecular flexibility index (Phi) is 5.97. The summed E-state index contributed by atoms with van der Waals surface area (Å²) in [6.07, 6.45) is 0. The smallest absolute Gasteiger partial charge is 0.0656 e. The highest BCUT2D eigenvalue weighted by molar-refractivity contribution is 6.88. The maximum absolute atomic E-state index is 2.42. The second-order valence-electron chi connectivity index (χ2n) is 13.7. The van der Waals surface area contributed by atoms with Crippen molar-refractivity contribution < 1.29 is 0 Å².